The number of hydrogen-bond donors (Lipinski definition) is 2. The topological polar surface area (TPSA) is 77.2 Å². The van der Waals surface area contributed by atoms with E-state index in [4.69, 9.17) is 10.5 Å². The monoisotopic (exact) mass is 195 g/mol. The number of rotatable bonds is 3. The van der Waals surface area contributed by atoms with Crippen LogP contribution in [0.15, 0.2) is 18.5 Å². The van der Waals surface area contributed by atoms with Crippen LogP contribution in [-0.2, 0) is 4.79 Å². The van der Waals surface area contributed by atoms with E-state index in [1.54, 1.807) is 19.2 Å². The van der Waals surface area contributed by atoms with Crippen LogP contribution in [0, 0.1) is 0 Å². The van der Waals surface area contributed by atoms with E-state index >= 15 is 0 Å². The Kier molecular flexibility index (Phi) is 3.41. The molecule has 1 unspecified atom stereocenters. The van der Waals surface area contributed by atoms with E-state index in [9.17, 15) is 4.79 Å². The molecular formula is C9H13N3O2. The van der Waals surface area contributed by atoms with E-state index < -0.39 is 6.04 Å². The fourth-order valence-electron chi connectivity index (χ4n) is 0.900. The number of methoxy groups -OCH3 is 1. The Bertz CT molecular complexity index is 326. The van der Waals surface area contributed by atoms with Crippen molar-refractivity contribution in [3.63, 3.8) is 0 Å². The Morgan fingerprint density at radius 3 is 3.00 bits per heavy atom. The van der Waals surface area contributed by atoms with Crippen LogP contribution in [0.25, 0.3) is 0 Å². The van der Waals surface area contributed by atoms with Crippen molar-refractivity contribution >= 4 is 11.6 Å². The van der Waals surface area contributed by atoms with Crippen molar-refractivity contribution in [2.45, 2.75) is 13.0 Å². The molecule has 0 aliphatic rings. The molecule has 1 rings (SSSR count). The van der Waals surface area contributed by atoms with Crippen molar-refractivity contribution in [2.24, 2.45) is 5.73 Å². The highest BCUT2D eigenvalue weighted by atomic mass is 16.5. The third-order valence-electron chi connectivity index (χ3n) is 1.67. The second kappa shape index (κ2) is 4.57. The van der Waals surface area contributed by atoms with Crippen LogP contribution < -0.4 is 15.8 Å². The highest BCUT2D eigenvalue weighted by Gasteiger charge is 2.10. The van der Waals surface area contributed by atoms with Gasteiger partial charge in [0.15, 0.2) is 0 Å². The Hall–Kier alpha value is -1.62. The SMILES string of the molecule is COc1ccncc1NC(=O)C(C)N. The summed E-state index contributed by atoms with van der Waals surface area (Å²) >= 11 is 0. The van der Waals surface area contributed by atoms with Crippen LogP contribution >= 0.6 is 0 Å². The van der Waals surface area contributed by atoms with Crippen molar-refractivity contribution in [2.75, 3.05) is 12.4 Å². The van der Waals surface area contributed by atoms with Crippen molar-refractivity contribution in [3.05, 3.63) is 18.5 Å². The van der Waals surface area contributed by atoms with Gasteiger partial charge in [0.2, 0.25) is 5.91 Å². The van der Waals surface area contributed by atoms with Gasteiger partial charge in [-0.2, -0.15) is 0 Å². The number of amides is 1. The number of nitrogens with two attached hydrogens (primary N) is 1. The lowest BCUT2D eigenvalue weighted by atomic mass is 10.3. The van der Waals surface area contributed by atoms with Crippen LogP contribution in [-0.4, -0.2) is 24.0 Å². The maximum atomic E-state index is 11.3. The standard InChI is InChI=1S/C9H13N3O2/c1-6(10)9(13)12-7-5-11-4-3-8(7)14-2/h3-6H,10H2,1-2H3,(H,12,13). The molecule has 5 heteroatoms. The number of hydrogen-bond acceptors (Lipinski definition) is 4. The maximum absolute atomic E-state index is 11.3. The smallest absolute Gasteiger partial charge is 0.241 e. The van der Waals surface area contributed by atoms with Gasteiger partial charge in [-0.3, -0.25) is 9.78 Å². The molecule has 0 bridgehead atoms. The second-order valence-corrected chi connectivity index (χ2v) is 2.85. The van der Waals surface area contributed by atoms with Gasteiger partial charge in [-0.15, -0.1) is 0 Å². The van der Waals surface area contributed by atoms with Gasteiger partial charge in [-0.05, 0) is 6.92 Å². The first-order valence-electron chi connectivity index (χ1n) is 4.19. The number of ether oxygens (including phenoxy) is 1. The number of nitrogens with one attached hydrogen (secondary N) is 1. The normalized spacial score (nSPS) is 11.9. The van der Waals surface area contributed by atoms with E-state index in [1.807, 2.05) is 0 Å². The first-order valence-corrected chi connectivity index (χ1v) is 4.19. The molecule has 5 nitrogen and oxygen atoms in total. The summed E-state index contributed by atoms with van der Waals surface area (Å²) in [4.78, 5) is 15.1. The minimum atomic E-state index is -0.556. The highest BCUT2D eigenvalue weighted by Crippen LogP contribution is 2.21. The Balaban J connectivity index is 2.80. The summed E-state index contributed by atoms with van der Waals surface area (Å²) in [6.07, 6.45) is 3.10. The lowest BCUT2D eigenvalue weighted by Crippen LogP contribution is -2.32. The van der Waals surface area contributed by atoms with Crippen LogP contribution in [0.1, 0.15) is 6.92 Å². The molecule has 0 spiro atoms. The average Bonchev–Trinajstić information content (AvgIpc) is 2.18. The van der Waals surface area contributed by atoms with Gasteiger partial charge in [0.25, 0.3) is 0 Å². The number of carbonyl (C=O) groups is 1. The maximum Gasteiger partial charge on any atom is 0.241 e. The Morgan fingerprint density at radius 1 is 1.71 bits per heavy atom. The zero-order chi connectivity index (χ0) is 10.6. The van der Waals surface area contributed by atoms with Crippen LogP contribution in [0.2, 0.25) is 0 Å². The van der Waals surface area contributed by atoms with Gasteiger partial charge in [0.05, 0.1) is 19.3 Å². The molecule has 0 fully saturated rings. The quantitative estimate of drug-likeness (QED) is 0.730. The Morgan fingerprint density at radius 2 is 2.43 bits per heavy atom. The number of carbonyl (C=O) groups excluding carboxylic acids is 1. The molecule has 14 heavy (non-hydrogen) atoms. The van der Waals surface area contributed by atoms with Gasteiger partial charge in [0, 0.05) is 12.3 Å². The molecule has 0 aromatic carbocycles. The molecule has 1 heterocycles. The van der Waals surface area contributed by atoms with Crippen LogP contribution in [0.5, 0.6) is 5.75 Å². The largest absolute Gasteiger partial charge is 0.494 e. The fourth-order valence-corrected chi connectivity index (χ4v) is 0.900. The van der Waals surface area contributed by atoms with Crippen LogP contribution in [0.3, 0.4) is 0 Å². The molecule has 1 aromatic heterocycles. The molecule has 3 N–H and O–H groups in total. The number of nitrogens with zero attached hydrogens (tertiary/aromatic N) is 1. The molecule has 0 saturated carbocycles. The summed E-state index contributed by atoms with van der Waals surface area (Å²) in [5, 5.41) is 2.61. The van der Waals surface area contributed by atoms with E-state index in [0.717, 1.165) is 0 Å². The zero-order valence-corrected chi connectivity index (χ0v) is 8.15. The summed E-state index contributed by atoms with van der Waals surface area (Å²) in [6, 6.07) is 1.11. The number of pyridine rings is 1. The van der Waals surface area contributed by atoms with Crippen molar-refractivity contribution in [3.8, 4) is 5.75 Å². The van der Waals surface area contributed by atoms with E-state index in [0.29, 0.717) is 11.4 Å². The second-order valence-electron chi connectivity index (χ2n) is 2.85. The molecular weight excluding hydrogens is 182 g/mol. The summed E-state index contributed by atoms with van der Waals surface area (Å²) in [5.74, 6) is 0.297. The molecule has 0 aliphatic carbocycles. The highest BCUT2D eigenvalue weighted by molar-refractivity contribution is 5.95. The zero-order valence-electron chi connectivity index (χ0n) is 8.15. The van der Waals surface area contributed by atoms with Crippen molar-refractivity contribution in [1.82, 2.24) is 4.98 Å². The first kappa shape index (κ1) is 10.5. The van der Waals surface area contributed by atoms with Gasteiger partial charge < -0.3 is 15.8 Å². The molecule has 0 radical (unpaired) electrons. The molecule has 1 atom stereocenters. The number of anilines is 1. The van der Waals surface area contributed by atoms with Crippen LogP contribution in [0.4, 0.5) is 5.69 Å². The lowest BCUT2D eigenvalue weighted by Gasteiger charge is -2.10. The minimum Gasteiger partial charge on any atom is -0.494 e. The summed E-state index contributed by atoms with van der Waals surface area (Å²) in [6.45, 7) is 1.61. The molecule has 1 aromatic rings. The number of aromatic nitrogens is 1. The first-order chi connectivity index (χ1) is 6.65. The van der Waals surface area contributed by atoms with Gasteiger partial charge in [-0.25, -0.2) is 0 Å². The summed E-state index contributed by atoms with van der Waals surface area (Å²) < 4.78 is 5.03. The predicted molar refractivity (Wildman–Crippen MR) is 53.1 cm³/mol. The summed E-state index contributed by atoms with van der Waals surface area (Å²) in [7, 11) is 1.52. The Labute approximate surface area is 82.3 Å². The predicted octanol–water partition coefficient (Wildman–Crippen LogP) is 0.376. The molecule has 76 valence electrons. The van der Waals surface area contributed by atoms with Crippen molar-refractivity contribution in [1.29, 1.82) is 0 Å². The van der Waals surface area contributed by atoms with Gasteiger partial charge in [-0.1, -0.05) is 0 Å². The average molecular weight is 195 g/mol. The molecule has 1 amide bonds. The third-order valence-corrected chi connectivity index (χ3v) is 1.67. The fraction of sp³-hybridized carbons (Fsp3) is 0.333. The van der Waals surface area contributed by atoms with E-state index in [1.165, 1.54) is 13.3 Å². The van der Waals surface area contributed by atoms with Gasteiger partial charge >= 0.3 is 0 Å². The third kappa shape index (κ3) is 2.43. The lowest BCUT2D eigenvalue weighted by molar-refractivity contribution is -0.117. The molecule has 0 aliphatic heterocycles. The van der Waals surface area contributed by atoms with Crippen molar-refractivity contribution < 1.29 is 9.53 Å². The minimum absolute atomic E-state index is 0.267. The van der Waals surface area contributed by atoms with E-state index in [-0.39, 0.29) is 5.91 Å². The summed E-state index contributed by atoms with van der Waals surface area (Å²) in [5.41, 5.74) is 5.93. The van der Waals surface area contributed by atoms with Gasteiger partial charge in [0.1, 0.15) is 11.4 Å². The molecule has 0 saturated heterocycles. The van der Waals surface area contributed by atoms with E-state index in [2.05, 4.69) is 10.3 Å².